The van der Waals surface area contributed by atoms with Gasteiger partial charge >= 0.3 is 0 Å². The number of carbonyl (C=O) groups is 1. The zero-order chi connectivity index (χ0) is 18.8. The van der Waals surface area contributed by atoms with Crippen LogP contribution >= 0.6 is 27.5 Å². The van der Waals surface area contributed by atoms with Gasteiger partial charge in [0.2, 0.25) is 15.3 Å². The van der Waals surface area contributed by atoms with E-state index in [0.717, 1.165) is 0 Å². The lowest BCUT2D eigenvalue weighted by atomic mass is 10.00. The average molecular weight is 451 g/mol. The van der Waals surface area contributed by atoms with Crippen LogP contribution < -0.4 is 5.14 Å². The number of hydrogen-bond donors (Lipinski definition) is 1. The number of Topliss-reactive ketones (excluding diaryl/α,β-unsaturated/α-hetero) is 1. The third-order valence-corrected chi connectivity index (χ3v) is 5.99. The van der Waals surface area contributed by atoms with Gasteiger partial charge in [-0.1, -0.05) is 35.0 Å². The molecular weight excluding hydrogens is 437 g/mol. The van der Waals surface area contributed by atoms with E-state index < -0.39 is 31.7 Å². The van der Waals surface area contributed by atoms with Gasteiger partial charge in [-0.05, 0) is 30.2 Å². The van der Waals surface area contributed by atoms with Gasteiger partial charge in [-0.3, -0.25) is 4.79 Å². The lowest BCUT2D eigenvalue weighted by Crippen LogP contribution is -2.23. The number of alkyl halides is 1. The van der Waals surface area contributed by atoms with E-state index in [1.54, 1.807) is 6.92 Å². The van der Waals surface area contributed by atoms with E-state index in [1.807, 2.05) is 0 Å². The molecule has 0 fully saturated rings. The van der Waals surface area contributed by atoms with Gasteiger partial charge < -0.3 is 0 Å². The number of benzene rings is 1. The molecule has 0 saturated heterocycles. The van der Waals surface area contributed by atoms with Crippen LogP contribution in [0.4, 0.5) is 4.39 Å². The molecule has 2 atom stereocenters. The van der Waals surface area contributed by atoms with Crippen molar-refractivity contribution < 1.29 is 17.6 Å². The molecule has 0 bridgehead atoms. The van der Waals surface area contributed by atoms with Gasteiger partial charge in [0.25, 0.3) is 0 Å². The Labute approximate surface area is 157 Å². The second-order valence-corrected chi connectivity index (χ2v) is 8.17. The van der Waals surface area contributed by atoms with Crippen LogP contribution in [0.15, 0.2) is 30.5 Å². The highest BCUT2D eigenvalue weighted by Crippen LogP contribution is 2.32. The highest BCUT2D eigenvalue weighted by Gasteiger charge is 2.29. The second kappa shape index (κ2) is 7.86. The molecular formula is C15H14BrClFN3O3S. The van der Waals surface area contributed by atoms with Crippen molar-refractivity contribution in [2.75, 3.05) is 0 Å². The number of aromatic nitrogens is 2. The number of sulfonamides is 1. The van der Waals surface area contributed by atoms with Gasteiger partial charge in [-0.15, -0.1) is 0 Å². The Morgan fingerprint density at radius 1 is 1.40 bits per heavy atom. The lowest BCUT2D eigenvalue weighted by Gasteiger charge is -2.16. The molecule has 0 spiro atoms. The number of carbonyl (C=O) groups excluding carboxylic acids is 1. The molecule has 1 heterocycles. The van der Waals surface area contributed by atoms with Crippen molar-refractivity contribution in [1.82, 2.24) is 9.97 Å². The van der Waals surface area contributed by atoms with Crippen molar-refractivity contribution in [2.24, 2.45) is 5.14 Å². The first kappa shape index (κ1) is 19.9. The topological polar surface area (TPSA) is 103 Å². The summed E-state index contributed by atoms with van der Waals surface area (Å²) in [6.07, 6.45) is 1.44. The monoisotopic (exact) mass is 449 g/mol. The van der Waals surface area contributed by atoms with Gasteiger partial charge in [0, 0.05) is 11.8 Å². The largest absolute Gasteiger partial charge is 0.292 e. The van der Waals surface area contributed by atoms with E-state index >= 15 is 0 Å². The number of rotatable bonds is 6. The number of primary sulfonamides is 1. The minimum Gasteiger partial charge on any atom is -0.292 e. The maximum Gasteiger partial charge on any atom is 0.222 e. The molecule has 0 aliphatic heterocycles. The summed E-state index contributed by atoms with van der Waals surface area (Å²) in [5.74, 6) is -1.55. The first-order chi connectivity index (χ1) is 11.7. The van der Waals surface area contributed by atoms with Crippen molar-refractivity contribution in [3.8, 4) is 0 Å². The Morgan fingerprint density at radius 2 is 2.08 bits per heavy atom. The number of ketones is 1. The predicted octanol–water partition coefficient (Wildman–Crippen LogP) is 3.33. The molecule has 0 aliphatic carbocycles. The van der Waals surface area contributed by atoms with E-state index in [0.29, 0.717) is 0 Å². The Morgan fingerprint density at radius 3 is 2.64 bits per heavy atom. The molecule has 2 N–H and O–H groups in total. The maximum atomic E-state index is 14.8. The van der Waals surface area contributed by atoms with E-state index in [2.05, 4.69) is 25.9 Å². The number of nitrogens with two attached hydrogens (primary N) is 1. The van der Waals surface area contributed by atoms with Crippen LogP contribution in [0.5, 0.6) is 0 Å². The normalized spacial score (nSPS) is 14.1. The van der Waals surface area contributed by atoms with Crippen molar-refractivity contribution >= 4 is 43.3 Å². The van der Waals surface area contributed by atoms with Gasteiger partial charge in [-0.25, -0.2) is 27.9 Å². The SMILES string of the molecule is CCC(c1cccc(C(=O)C(Br)c2ccnc(Cl)n2)c1F)S(N)(=O)=O. The Kier molecular flexibility index (Phi) is 6.26. The van der Waals surface area contributed by atoms with Crippen LogP contribution in [0, 0.1) is 5.82 Å². The number of nitrogens with zero attached hydrogens (tertiary/aromatic N) is 2. The zero-order valence-electron chi connectivity index (χ0n) is 13.0. The highest BCUT2D eigenvalue weighted by atomic mass is 79.9. The standard InChI is InChI=1S/C15H14BrClFN3O3S/c1-2-11(25(19,23)24)8-4-3-5-9(13(8)18)14(22)12(16)10-6-7-20-15(17)21-10/h3-7,11-12H,2H2,1H3,(H2,19,23,24). The molecule has 10 heteroatoms. The summed E-state index contributed by atoms with van der Waals surface area (Å²) in [4.78, 5) is 19.3. The first-order valence-corrected chi connectivity index (χ1v) is 10.0. The fourth-order valence-electron chi connectivity index (χ4n) is 2.38. The van der Waals surface area contributed by atoms with E-state index in [1.165, 1.54) is 30.5 Å². The summed E-state index contributed by atoms with van der Waals surface area (Å²) in [5.41, 5.74) is -0.152. The van der Waals surface area contributed by atoms with Crippen molar-refractivity contribution in [3.05, 3.63) is 58.4 Å². The summed E-state index contributed by atoms with van der Waals surface area (Å²) in [6.45, 7) is 1.57. The van der Waals surface area contributed by atoms with Gasteiger partial charge in [-0.2, -0.15) is 0 Å². The summed E-state index contributed by atoms with van der Waals surface area (Å²) >= 11 is 8.86. The number of hydrogen-bond acceptors (Lipinski definition) is 5. The molecule has 1 aromatic heterocycles. The molecule has 134 valence electrons. The van der Waals surface area contributed by atoms with Crippen LogP contribution in [0.3, 0.4) is 0 Å². The van der Waals surface area contributed by atoms with Crippen LogP contribution in [-0.4, -0.2) is 24.2 Å². The maximum absolute atomic E-state index is 14.8. The summed E-state index contributed by atoms with van der Waals surface area (Å²) in [6, 6.07) is 5.44. The zero-order valence-corrected chi connectivity index (χ0v) is 16.1. The van der Waals surface area contributed by atoms with Crippen LogP contribution in [-0.2, 0) is 10.0 Å². The highest BCUT2D eigenvalue weighted by molar-refractivity contribution is 9.09. The molecule has 0 radical (unpaired) electrons. The average Bonchev–Trinajstić information content (AvgIpc) is 2.54. The van der Waals surface area contributed by atoms with Gasteiger partial charge in [0.05, 0.1) is 11.3 Å². The van der Waals surface area contributed by atoms with Gasteiger partial charge in [0.1, 0.15) is 15.9 Å². The summed E-state index contributed by atoms with van der Waals surface area (Å²) in [7, 11) is -4.01. The molecule has 2 rings (SSSR count). The third-order valence-electron chi connectivity index (χ3n) is 3.55. The molecule has 2 aromatic rings. The minimum absolute atomic E-state index is 0.0516. The molecule has 25 heavy (non-hydrogen) atoms. The van der Waals surface area contributed by atoms with Crippen LogP contribution in [0.1, 0.15) is 45.0 Å². The molecule has 2 unspecified atom stereocenters. The van der Waals surface area contributed by atoms with Crippen molar-refractivity contribution in [1.29, 1.82) is 0 Å². The second-order valence-electron chi connectivity index (χ2n) is 5.17. The molecule has 0 saturated carbocycles. The quantitative estimate of drug-likeness (QED) is 0.413. The minimum atomic E-state index is -4.01. The first-order valence-electron chi connectivity index (χ1n) is 7.13. The fourth-order valence-corrected chi connectivity index (χ4v) is 4.03. The van der Waals surface area contributed by atoms with E-state index in [4.69, 9.17) is 16.7 Å². The molecule has 0 amide bonds. The molecule has 0 aliphatic rings. The summed E-state index contributed by atoms with van der Waals surface area (Å²) in [5, 5.41) is 3.88. The van der Waals surface area contributed by atoms with Crippen molar-refractivity contribution in [3.63, 3.8) is 0 Å². The molecule has 1 aromatic carbocycles. The van der Waals surface area contributed by atoms with E-state index in [-0.39, 0.29) is 28.5 Å². The van der Waals surface area contributed by atoms with Crippen molar-refractivity contribution in [2.45, 2.75) is 23.4 Å². The summed E-state index contributed by atoms with van der Waals surface area (Å²) < 4.78 is 38.2. The third kappa shape index (κ3) is 4.41. The van der Waals surface area contributed by atoms with E-state index in [9.17, 15) is 17.6 Å². The number of halogens is 3. The van der Waals surface area contributed by atoms with Crippen LogP contribution in [0.25, 0.3) is 0 Å². The Bertz CT molecular complexity index is 911. The van der Waals surface area contributed by atoms with Gasteiger partial charge in [0.15, 0.2) is 5.78 Å². The fraction of sp³-hybridized carbons (Fsp3) is 0.267. The van der Waals surface area contributed by atoms with Crippen LogP contribution in [0.2, 0.25) is 5.28 Å². The Hall–Kier alpha value is -1.42. The lowest BCUT2D eigenvalue weighted by molar-refractivity contribution is 0.0986. The Balaban J connectivity index is 2.46. The smallest absolute Gasteiger partial charge is 0.222 e. The molecule has 6 nitrogen and oxygen atoms in total. The predicted molar refractivity (Wildman–Crippen MR) is 95.6 cm³/mol.